The molecule has 21 heavy (non-hydrogen) atoms. The average molecular weight is 411 g/mol. The first kappa shape index (κ1) is 16.1. The SMILES string of the molecule is N/C(=N/O)c1ccc(Cl)c(NS(=O)(=O)c2sccc2Br)c1. The van der Waals surface area contributed by atoms with Crippen molar-refractivity contribution in [1.29, 1.82) is 0 Å². The number of halogens is 2. The summed E-state index contributed by atoms with van der Waals surface area (Å²) < 4.78 is 27.5. The molecule has 0 aliphatic heterocycles. The van der Waals surface area contributed by atoms with Crippen molar-refractivity contribution < 1.29 is 13.6 Å². The van der Waals surface area contributed by atoms with E-state index in [-0.39, 0.29) is 20.8 Å². The van der Waals surface area contributed by atoms with Crippen LogP contribution in [0.5, 0.6) is 0 Å². The number of rotatable bonds is 4. The third kappa shape index (κ3) is 3.49. The zero-order valence-electron chi connectivity index (χ0n) is 10.2. The smallest absolute Gasteiger partial charge is 0.272 e. The molecule has 0 unspecified atom stereocenters. The van der Waals surface area contributed by atoms with Gasteiger partial charge >= 0.3 is 0 Å². The molecule has 4 N–H and O–H groups in total. The Kier molecular flexibility index (Phi) is 4.77. The first-order chi connectivity index (χ1) is 9.85. The van der Waals surface area contributed by atoms with E-state index in [0.717, 1.165) is 11.3 Å². The van der Waals surface area contributed by atoms with Crippen molar-refractivity contribution >= 4 is 60.4 Å². The van der Waals surface area contributed by atoms with E-state index < -0.39 is 10.0 Å². The topological polar surface area (TPSA) is 105 Å². The summed E-state index contributed by atoms with van der Waals surface area (Å²) in [4.78, 5) is 0. The van der Waals surface area contributed by atoms with Gasteiger partial charge in [0.1, 0.15) is 0 Å². The van der Waals surface area contributed by atoms with E-state index in [9.17, 15) is 8.42 Å². The third-order valence-corrected chi connectivity index (χ3v) is 6.81. The lowest BCUT2D eigenvalue weighted by molar-refractivity contribution is 0.318. The van der Waals surface area contributed by atoms with E-state index in [4.69, 9.17) is 22.5 Å². The highest BCUT2D eigenvalue weighted by Gasteiger charge is 2.20. The van der Waals surface area contributed by atoms with E-state index in [1.807, 2.05) is 0 Å². The lowest BCUT2D eigenvalue weighted by Crippen LogP contribution is -2.15. The summed E-state index contributed by atoms with van der Waals surface area (Å²) in [5.41, 5.74) is 5.95. The molecule has 2 aromatic rings. The lowest BCUT2D eigenvalue weighted by Gasteiger charge is -2.10. The molecule has 1 aromatic heterocycles. The van der Waals surface area contributed by atoms with Crippen LogP contribution in [0.2, 0.25) is 5.02 Å². The van der Waals surface area contributed by atoms with Gasteiger partial charge in [0, 0.05) is 10.0 Å². The molecule has 0 aliphatic carbocycles. The molecule has 2 rings (SSSR count). The summed E-state index contributed by atoms with van der Waals surface area (Å²) in [5.74, 6) is -0.149. The van der Waals surface area contributed by atoms with Crippen LogP contribution in [-0.4, -0.2) is 19.5 Å². The van der Waals surface area contributed by atoms with Gasteiger partial charge in [0.2, 0.25) is 0 Å². The Morgan fingerprint density at radius 3 is 2.71 bits per heavy atom. The summed E-state index contributed by atoms with van der Waals surface area (Å²) in [6.07, 6.45) is 0. The predicted octanol–water partition coefficient (Wildman–Crippen LogP) is 3.06. The predicted molar refractivity (Wildman–Crippen MR) is 86.8 cm³/mol. The molecule has 1 aromatic carbocycles. The van der Waals surface area contributed by atoms with Crippen LogP contribution in [0.3, 0.4) is 0 Å². The van der Waals surface area contributed by atoms with E-state index in [0.29, 0.717) is 10.0 Å². The van der Waals surface area contributed by atoms with Crippen LogP contribution >= 0.6 is 38.9 Å². The number of nitrogens with zero attached hydrogens (tertiary/aromatic N) is 1. The van der Waals surface area contributed by atoms with Crippen molar-refractivity contribution in [1.82, 2.24) is 0 Å². The van der Waals surface area contributed by atoms with Crippen LogP contribution < -0.4 is 10.5 Å². The molecule has 112 valence electrons. The second-order valence-corrected chi connectivity index (χ2v) is 7.90. The molecule has 10 heteroatoms. The summed E-state index contributed by atoms with van der Waals surface area (Å²) in [7, 11) is -3.78. The van der Waals surface area contributed by atoms with Gasteiger partial charge in [-0.05, 0) is 45.6 Å². The zero-order valence-corrected chi connectivity index (χ0v) is 14.2. The first-order valence-corrected chi connectivity index (χ1v) is 8.92. The van der Waals surface area contributed by atoms with E-state index in [1.165, 1.54) is 18.2 Å². The second kappa shape index (κ2) is 6.22. The van der Waals surface area contributed by atoms with Crippen molar-refractivity contribution in [3.05, 3.63) is 44.7 Å². The van der Waals surface area contributed by atoms with Crippen LogP contribution in [0.15, 0.2) is 43.5 Å². The molecule has 6 nitrogen and oxygen atoms in total. The Morgan fingerprint density at radius 1 is 1.43 bits per heavy atom. The minimum atomic E-state index is -3.78. The third-order valence-electron chi connectivity index (χ3n) is 2.44. The monoisotopic (exact) mass is 409 g/mol. The highest BCUT2D eigenvalue weighted by Crippen LogP contribution is 2.31. The number of sulfonamides is 1. The van der Waals surface area contributed by atoms with Gasteiger partial charge in [0.15, 0.2) is 10.0 Å². The van der Waals surface area contributed by atoms with E-state index in [1.54, 1.807) is 11.4 Å². The van der Waals surface area contributed by atoms with Gasteiger partial charge in [-0.25, -0.2) is 8.42 Å². The fraction of sp³-hybridized carbons (Fsp3) is 0. The molecule has 0 aliphatic rings. The van der Waals surface area contributed by atoms with Crippen LogP contribution in [0.1, 0.15) is 5.56 Å². The summed E-state index contributed by atoms with van der Waals surface area (Å²) in [5, 5.41) is 13.4. The number of benzene rings is 1. The Morgan fingerprint density at radius 2 is 2.14 bits per heavy atom. The van der Waals surface area contributed by atoms with Crippen molar-refractivity contribution in [3.8, 4) is 0 Å². The van der Waals surface area contributed by atoms with Gasteiger partial charge < -0.3 is 10.9 Å². The molecule has 1 heterocycles. The van der Waals surface area contributed by atoms with Gasteiger partial charge in [0.05, 0.1) is 10.7 Å². The average Bonchev–Trinajstić information content (AvgIpc) is 2.87. The number of anilines is 1. The Balaban J connectivity index is 2.42. The van der Waals surface area contributed by atoms with Crippen molar-refractivity contribution in [3.63, 3.8) is 0 Å². The van der Waals surface area contributed by atoms with Gasteiger partial charge in [-0.1, -0.05) is 16.8 Å². The summed E-state index contributed by atoms with van der Waals surface area (Å²) in [6, 6.07) is 5.98. The minimum Gasteiger partial charge on any atom is -0.409 e. The second-order valence-electron chi connectivity index (χ2n) is 3.84. The zero-order chi connectivity index (χ0) is 15.6. The molecule has 0 saturated carbocycles. The normalized spacial score (nSPS) is 12.4. The van der Waals surface area contributed by atoms with Crippen molar-refractivity contribution in [2.24, 2.45) is 10.9 Å². The maximum absolute atomic E-state index is 12.3. The number of nitrogens with two attached hydrogens (primary N) is 1. The van der Waals surface area contributed by atoms with Crippen LogP contribution in [0, 0.1) is 0 Å². The fourth-order valence-corrected chi connectivity index (χ4v) is 5.11. The maximum atomic E-state index is 12.3. The van der Waals surface area contributed by atoms with Gasteiger partial charge in [-0.15, -0.1) is 11.3 Å². The fourth-order valence-electron chi connectivity index (χ4n) is 1.48. The Hall–Kier alpha value is -1.29. The first-order valence-electron chi connectivity index (χ1n) is 5.38. The standard InChI is InChI=1S/C11H9BrClN3O3S2/c12-7-3-4-20-11(7)21(18,19)16-9-5-6(10(14)15-17)1-2-8(9)13/h1-5,16-17H,(H2,14,15). The number of hydrogen-bond donors (Lipinski definition) is 3. The molecule has 0 atom stereocenters. The van der Waals surface area contributed by atoms with Crippen LogP contribution in [-0.2, 0) is 10.0 Å². The van der Waals surface area contributed by atoms with Crippen molar-refractivity contribution in [2.45, 2.75) is 4.21 Å². The lowest BCUT2D eigenvalue weighted by atomic mass is 10.2. The summed E-state index contributed by atoms with van der Waals surface area (Å²) in [6.45, 7) is 0. The van der Waals surface area contributed by atoms with Crippen LogP contribution in [0.4, 0.5) is 5.69 Å². The number of amidine groups is 1. The number of hydrogen-bond acceptors (Lipinski definition) is 5. The van der Waals surface area contributed by atoms with Gasteiger partial charge in [-0.3, -0.25) is 4.72 Å². The molecule has 0 saturated heterocycles. The quantitative estimate of drug-likeness (QED) is 0.312. The largest absolute Gasteiger partial charge is 0.409 e. The number of nitrogens with one attached hydrogen (secondary N) is 1. The molecular formula is C11H9BrClN3O3S2. The van der Waals surface area contributed by atoms with Gasteiger partial charge in [0.25, 0.3) is 10.0 Å². The van der Waals surface area contributed by atoms with Crippen LogP contribution in [0.25, 0.3) is 0 Å². The molecular weight excluding hydrogens is 402 g/mol. The molecule has 0 spiro atoms. The molecule has 0 radical (unpaired) electrons. The highest BCUT2D eigenvalue weighted by atomic mass is 79.9. The minimum absolute atomic E-state index is 0.132. The Bertz CT molecular complexity index is 805. The van der Waals surface area contributed by atoms with E-state index in [2.05, 4.69) is 25.8 Å². The highest BCUT2D eigenvalue weighted by molar-refractivity contribution is 9.10. The van der Waals surface area contributed by atoms with E-state index >= 15 is 0 Å². The number of oxime groups is 1. The molecule has 0 fully saturated rings. The summed E-state index contributed by atoms with van der Waals surface area (Å²) >= 11 is 10.2. The molecule has 0 bridgehead atoms. The van der Waals surface area contributed by atoms with Gasteiger partial charge in [-0.2, -0.15) is 0 Å². The number of thiophene rings is 1. The maximum Gasteiger partial charge on any atom is 0.272 e. The van der Waals surface area contributed by atoms with Crippen molar-refractivity contribution in [2.75, 3.05) is 4.72 Å². The Labute approximate surface area is 138 Å². The molecule has 0 amide bonds.